The highest BCUT2D eigenvalue weighted by Gasteiger charge is 2.15. The van der Waals surface area contributed by atoms with Gasteiger partial charge in [-0.25, -0.2) is 9.97 Å². The molecule has 0 aliphatic rings. The lowest BCUT2D eigenvalue weighted by atomic mass is 10.2. The number of nitrogens with zero attached hydrogens (tertiary/aromatic N) is 3. The zero-order valence-electron chi connectivity index (χ0n) is 11.8. The first-order valence-electron chi connectivity index (χ1n) is 6.47. The van der Waals surface area contributed by atoms with E-state index in [2.05, 4.69) is 58.6 Å². The number of aromatic nitrogens is 2. The first-order chi connectivity index (χ1) is 9.11. The molecule has 19 heavy (non-hydrogen) atoms. The molecule has 2 heterocycles. The second-order valence-electron chi connectivity index (χ2n) is 4.49. The minimum absolute atomic E-state index is 0.309. The summed E-state index contributed by atoms with van der Waals surface area (Å²) < 4.78 is 0. The summed E-state index contributed by atoms with van der Waals surface area (Å²) in [6.07, 6.45) is 0. The van der Waals surface area contributed by atoms with Gasteiger partial charge in [-0.1, -0.05) is 6.07 Å². The van der Waals surface area contributed by atoms with Crippen molar-refractivity contribution in [2.75, 3.05) is 23.8 Å². The summed E-state index contributed by atoms with van der Waals surface area (Å²) in [5.74, 6) is 2.62. The molecule has 4 nitrogen and oxygen atoms in total. The summed E-state index contributed by atoms with van der Waals surface area (Å²) in [5, 5.41) is 5.35. The molecule has 5 heteroatoms. The molecule has 0 aromatic carbocycles. The van der Waals surface area contributed by atoms with Gasteiger partial charge in [0.05, 0.1) is 6.04 Å². The fourth-order valence-electron chi connectivity index (χ4n) is 1.92. The number of hydrogen-bond donors (Lipinski definition) is 1. The van der Waals surface area contributed by atoms with Crippen LogP contribution in [0.15, 0.2) is 23.6 Å². The number of aryl methyl sites for hydroxylation is 1. The Kier molecular flexibility index (Phi) is 4.37. The minimum atomic E-state index is 0.309. The van der Waals surface area contributed by atoms with E-state index in [9.17, 15) is 0 Å². The maximum Gasteiger partial charge on any atom is 0.134 e. The summed E-state index contributed by atoms with van der Waals surface area (Å²) in [6, 6.07) is 6.55. The number of thiophene rings is 1. The van der Waals surface area contributed by atoms with E-state index in [1.165, 1.54) is 4.88 Å². The maximum absolute atomic E-state index is 4.53. The van der Waals surface area contributed by atoms with Crippen LogP contribution in [0.1, 0.15) is 30.6 Å². The standard InChI is InChI=1S/C14H20N4S/c1-5-15-13-9-14(17-11(3)16-13)18(4)10(2)12-7-6-8-19-12/h6-10H,5H2,1-4H3,(H,15,16,17). The Morgan fingerprint density at radius 3 is 2.84 bits per heavy atom. The van der Waals surface area contributed by atoms with Gasteiger partial charge in [-0.15, -0.1) is 11.3 Å². The van der Waals surface area contributed by atoms with E-state index in [-0.39, 0.29) is 0 Å². The highest BCUT2D eigenvalue weighted by molar-refractivity contribution is 7.10. The normalized spacial score (nSPS) is 12.2. The molecule has 2 rings (SSSR count). The van der Waals surface area contributed by atoms with Crippen LogP contribution in [0, 0.1) is 6.92 Å². The van der Waals surface area contributed by atoms with Gasteiger partial charge in [-0.05, 0) is 32.2 Å². The fourth-order valence-corrected chi connectivity index (χ4v) is 2.75. The molecule has 0 amide bonds. The van der Waals surface area contributed by atoms with Crippen LogP contribution >= 0.6 is 11.3 Å². The van der Waals surface area contributed by atoms with Crippen LogP contribution < -0.4 is 10.2 Å². The fraction of sp³-hybridized carbons (Fsp3) is 0.429. The van der Waals surface area contributed by atoms with Crippen LogP contribution in [0.4, 0.5) is 11.6 Å². The lowest BCUT2D eigenvalue weighted by Crippen LogP contribution is -2.22. The largest absolute Gasteiger partial charge is 0.370 e. The highest BCUT2D eigenvalue weighted by Crippen LogP contribution is 2.27. The van der Waals surface area contributed by atoms with Gasteiger partial charge in [0.1, 0.15) is 17.5 Å². The van der Waals surface area contributed by atoms with Crippen molar-refractivity contribution < 1.29 is 0 Å². The zero-order chi connectivity index (χ0) is 13.8. The number of anilines is 2. The molecule has 0 spiro atoms. The SMILES string of the molecule is CCNc1cc(N(C)C(C)c2cccs2)nc(C)n1. The van der Waals surface area contributed by atoms with E-state index in [1.54, 1.807) is 11.3 Å². The molecule has 0 radical (unpaired) electrons. The Labute approximate surface area is 118 Å². The van der Waals surface area contributed by atoms with Crippen molar-refractivity contribution in [2.45, 2.75) is 26.8 Å². The topological polar surface area (TPSA) is 41.0 Å². The molecule has 0 saturated heterocycles. The summed E-state index contributed by atoms with van der Waals surface area (Å²) >= 11 is 1.77. The van der Waals surface area contributed by atoms with Crippen LogP contribution in [0.25, 0.3) is 0 Å². The molecule has 1 N–H and O–H groups in total. The predicted octanol–water partition coefficient (Wildman–Crippen LogP) is 3.48. The van der Waals surface area contributed by atoms with E-state index in [4.69, 9.17) is 0 Å². The van der Waals surface area contributed by atoms with Gasteiger partial charge in [0.25, 0.3) is 0 Å². The minimum Gasteiger partial charge on any atom is -0.370 e. The molecule has 1 atom stereocenters. The number of rotatable bonds is 5. The van der Waals surface area contributed by atoms with Crippen molar-refractivity contribution in [1.29, 1.82) is 0 Å². The van der Waals surface area contributed by atoms with E-state index in [0.29, 0.717) is 6.04 Å². The average molecular weight is 276 g/mol. The molecule has 2 aromatic heterocycles. The van der Waals surface area contributed by atoms with Crippen LogP contribution in [0.3, 0.4) is 0 Å². The van der Waals surface area contributed by atoms with E-state index in [1.807, 2.05) is 13.0 Å². The molecular formula is C14H20N4S. The maximum atomic E-state index is 4.53. The monoisotopic (exact) mass is 276 g/mol. The molecule has 0 aliphatic heterocycles. The summed E-state index contributed by atoms with van der Waals surface area (Å²) in [7, 11) is 2.07. The lowest BCUT2D eigenvalue weighted by Gasteiger charge is -2.25. The number of hydrogen-bond acceptors (Lipinski definition) is 5. The van der Waals surface area contributed by atoms with Gasteiger partial charge in [-0.3, -0.25) is 0 Å². The third-order valence-corrected chi connectivity index (χ3v) is 4.12. The lowest BCUT2D eigenvalue weighted by molar-refractivity contribution is 0.737. The Morgan fingerprint density at radius 2 is 2.21 bits per heavy atom. The smallest absolute Gasteiger partial charge is 0.134 e. The average Bonchev–Trinajstić information content (AvgIpc) is 2.90. The van der Waals surface area contributed by atoms with Gasteiger partial charge in [0, 0.05) is 24.5 Å². The van der Waals surface area contributed by atoms with Gasteiger partial charge in [0.15, 0.2) is 0 Å². The van der Waals surface area contributed by atoms with Crippen LogP contribution in [0.5, 0.6) is 0 Å². The zero-order valence-corrected chi connectivity index (χ0v) is 12.7. The van der Waals surface area contributed by atoms with Crippen molar-refractivity contribution in [3.8, 4) is 0 Å². The van der Waals surface area contributed by atoms with Crippen molar-refractivity contribution in [3.63, 3.8) is 0 Å². The molecule has 0 bridgehead atoms. The third-order valence-electron chi connectivity index (χ3n) is 3.08. The van der Waals surface area contributed by atoms with Gasteiger partial charge in [-0.2, -0.15) is 0 Å². The molecule has 0 saturated carbocycles. The van der Waals surface area contributed by atoms with Crippen LogP contribution in [-0.2, 0) is 0 Å². The second-order valence-corrected chi connectivity index (χ2v) is 5.47. The summed E-state index contributed by atoms with van der Waals surface area (Å²) in [4.78, 5) is 12.4. The quantitative estimate of drug-likeness (QED) is 0.908. The van der Waals surface area contributed by atoms with Crippen molar-refractivity contribution in [1.82, 2.24) is 9.97 Å². The van der Waals surface area contributed by atoms with Crippen LogP contribution in [-0.4, -0.2) is 23.6 Å². The Morgan fingerprint density at radius 1 is 1.42 bits per heavy atom. The van der Waals surface area contributed by atoms with E-state index >= 15 is 0 Å². The van der Waals surface area contributed by atoms with Crippen molar-refractivity contribution in [2.24, 2.45) is 0 Å². The van der Waals surface area contributed by atoms with E-state index in [0.717, 1.165) is 24.0 Å². The van der Waals surface area contributed by atoms with Crippen molar-refractivity contribution >= 4 is 23.0 Å². The van der Waals surface area contributed by atoms with Gasteiger partial charge in [0.2, 0.25) is 0 Å². The highest BCUT2D eigenvalue weighted by atomic mass is 32.1. The molecule has 0 aliphatic carbocycles. The van der Waals surface area contributed by atoms with Crippen molar-refractivity contribution in [3.05, 3.63) is 34.3 Å². The van der Waals surface area contributed by atoms with Gasteiger partial charge >= 0.3 is 0 Å². The Bertz CT molecular complexity index is 524. The first kappa shape index (κ1) is 13.8. The van der Waals surface area contributed by atoms with Gasteiger partial charge < -0.3 is 10.2 Å². The second kappa shape index (κ2) is 6.02. The Balaban J connectivity index is 2.25. The van der Waals surface area contributed by atoms with Crippen LogP contribution in [0.2, 0.25) is 0 Å². The molecule has 102 valence electrons. The molecule has 0 fully saturated rings. The third kappa shape index (κ3) is 3.23. The molecule has 2 aromatic rings. The molecular weight excluding hydrogens is 256 g/mol. The van der Waals surface area contributed by atoms with E-state index < -0.39 is 0 Å². The summed E-state index contributed by atoms with van der Waals surface area (Å²) in [6.45, 7) is 7.04. The Hall–Kier alpha value is -1.62. The number of nitrogens with one attached hydrogen (secondary N) is 1. The predicted molar refractivity (Wildman–Crippen MR) is 82.1 cm³/mol. The summed E-state index contributed by atoms with van der Waals surface area (Å²) in [5.41, 5.74) is 0. The molecule has 1 unspecified atom stereocenters. The first-order valence-corrected chi connectivity index (χ1v) is 7.35.